The number of carbonyl (C=O) groups excluding carboxylic acids is 1. The van der Waals surface area contributed by atoms with Gasteiger partial charge in [-0.2, -0.15) is 5.26 Å². The maximum absolute atomic E-state index is 11.8. The van der Waals surface area contributed by atoms with E-state index >= 15 is 0 Å². The molecule has 1 aromatic heterocycles. The van der Waals surface area contributed by atoms with Crippen LogP contribution in [0.15, 0.2) is 28.1 Å². The molecule has 19 heavy (non-hydrogen) atoms. The Morgan fingerprint density at radius 2 is 2.37 bits per heavy atom. The van der Waals surface area contributed by atoms with E-state index in [1.54, 1.807) is 23.6 Å². The Labute approximate surface area is 122 Å². The molecule has 0 aliphatic rings. The smallest absolute Gasteiger partial charge is 0.230 e. The number of rotatable bonds is 3. The summed E-state index contributed by atoms with van der Waals surface area (Å²) < 4.78 is 0.665. The third-order valence-electron chi connectivity index (χ3n) is 2.28. The lowest BCUT2D eigenvalue weighted by molar-refractivity contribution is -0.115. The summed E-state index contributed by atoms with van der Waals surface area (Å²) >= 11 is 4.61. The number of halogens is 1. The van der Waals surface area contributed by atoms with Crippen molar-refractivity contribution >= 4 is 44.0 Å². The minimum Gasteiger partial charge on any atom is -0.375 e. The van der Waals surface area contributed by atoms with Gasteiger partial charge in [0.1, 0.15) is 0 Å². The normalized spacial score (nSPS) is 9.89. The van der Waals surface area contributed by atoms with Gasteiger partial charge in [0, 0.05) is 9.85 Å². The predicted octanol–water partition coefficient (Wildman–Crippen LogP) is 2.54. The maximum atomic E-state index is 11.8. The molecule has 7 heteroatoms. The van der Waals surface area contributed by atoms with Crippen LogP contribution in [0.1, 0.15) is 11.3 Å². The van der Waals surface area contributed by atoms with Crippen LogP contribution in [0.3, 0.4) is 0 Å². The van der Waals surface area contributed by atoms with E-state index in [9.17, 15) is 4.79 Å². The molecule has 1 amide bonds. The molecule has 0 atom stereocenters. The molecular weight excluding hydrogens is 328 g/mol. The second kappa shape index (κ2) is 5.82. The number of benzene rings is 1. The van der Waals surface area contributed by atoms with Gasteiger partial charge in [0.25, 0.3) is 0 Å². The number of anilines is 2. The lowest BCUT2D eigenvalue weighted by atomic mass is 10.2. The third-order valence-corrected chi connectivity index (χ3v) is 3.66. The number of aromatic nitrogens is 1. The van der Waals surface area contributed by atoms with Gasteiger partial charge in [0.05, 0.1) is 29.4 Å². The second-order valence-corrected chi connectivity index (χ2v) is 5.45. The zero-order valence-corrected chi connectivity index (χ0v) is 12.1. The van der Waals surface area contributed by atoms with Gasteiger partial charge in [0.15, 0.2) is 5.13 Å². The van der Waals surface area contributed by atoms with E-state index < -0.39 is 0 Å². The first-order valence-corrected chi connectivity index (χ1v) is 6.95. The first-order chi connectivity index (χ1) is 9.08. The zero-order chi connectivity index (χ0) is 13.8. The van der Waals surface area contributed by atoms with E-state index in [4.69, 9.17) is 11.0 Å². The highest BCUT2D eigenvalue weighted by Gasteiger charge is 2.09. The summed E-state index contributed by atoms with van der Waals surface area (Å²) in [5.41, 5.74) is 7.29. The molecular formula is C12H9BrN4OS. The Morgan fingerprint density at radius 1 is 1.58 bits per heavy atom. The fourth-order valence-electron chi connectivity index (χ4n) is 1.45. The van der Waals surface area contributed by atoms with Gasteiger partial charge >= 0.3 is 0 Å². The Hall–Kier alpha value is -1.91. The van der Waals surface area contributed by atoms with Crippen molar-refractivity contribution in [3.05, 3.63) is 39.3 Å². The topological polar surface area (TPSA) is 91.8 Å². The predicted molar refractivity (Wildman–Crippen MR) is 77.7 cm³/mol. The number of nitrogens with one attached hydrogen (secondary N) is 1. The quantitative estimate of drug-likeness (QED) is 0.900. The first kappa shape index (κ1) is 13.5. The minimum atomic E-state index is -0.185. The number of carbonyl (C=O) groups is 1. The molecule has 1 heterocycles. The van der Waals surface area contributed by atoms with E-state index in [0.717, 1.165) is 0 Å². The Kier molecular flexibility index (Phi) is 4.14. The molecule has 0 saturated heterocycles. The lowest BCUT2D eigenvalue weighted by Gasteiger charge is -2.06. The summed E-state index contributed by atoms with van der Waals surface area (Å²) in [4.78, 5) is 15.8. The SMILES string of the molecule is N#Cc1ccc(NC(=O)Cc2csc(N)n2)c(Br)c1. The number of nitriles is 1. The van der Waals surface area contributed by atoms with Gasteiger partial charge in [-0.05, 0) is 34.1 Å². The molecule has 2 rings (SSSR count). The Bertz CT molecular complexity index is 662. The van der Waals surface area contributed by atoms with Crippen LogP contribution in [0.4, 0.5) is 10.8 Å². The third kappa shape index (κ3) is 3.53. The van der Waals surface area contributed by atoms with Gasteiger partial charge in [0.2, 0.25) is 5.91 Å². The summed E-state index contributed by atoms with van der Waals surface area (Å²) in [5.74, 6) is -0.185. The molecule has 96 valence electrons. The fourth-order valence-corrected chi connectivity index (χ4v) is 2.49. The highest BCUT2D eigenvalue weighted by Crippen LogP contribution is 2.23. The number of nitrogens with two attached hydrogens (primary N) is 1. The van der Waals surface area contributed by atoms with E-state index in [-0.39, 0.29) is 12.3 Å². The number of amides is 1. The van der Waals surface area contributed by atoms with Crippen molar-refractivity contribution in [3.8, 4) is 6.07 Å². The number of nitrogens with zero attached hydrogens (tertiary/aromatic N) is 2. The van der Waals surface area contributed by atoms with Gasteiger partial charge in [-0.3, -0.25) is 4.79 Å². The van der Waals surface area contributed by atoms with Crippen molar-refractivity contribution in [1.29, 1.82) is 5.26 Å². The molecule has 0 unspecified atom stereocenters. The highest BCUT2D eigenvalue weighted by molar-refractivity contribution is 9.10. The largest absolute Gasteiger partial charge is 0.375 e. The number of hydrogen-bond acceptors (Lipinski definition) is 5. The molecule has 5 nitrogen and oxygen atoms in total. The van der Waals surface area contributed by atoms with Crippen LogP contribution in [-0.4, -0.2) is 10.9 Å². The van der Waals surface area contributed by atoms with Crippen LogP contribution in [0.2, 0.25) is 0 Å². The lowest BCUT2D eigenvalue weighted by Crippen LogP contribution is -2.15. The molecule has 3 N–H and O–H groups in total. The van der Waals surface area contributed by atoms with Crippen LogP contribution in [0, 0.1) is 11.3 Å². The highest BCUT2D eigenvalue weighted by atomic mass is 79.9. The molecule has 0 saturated carbocycles. The first-order valence-electron chi connectivity index (χ1n) is 5.28. The molecule has 1 aromatic carbocycles. The van der Waals surface area contributed by atoms with Crippen LogP contribution in [0.25, 0.3) is 0 Å². The van der Waals surface area contributed by atoms with Crippen molar-refractivity contribution in [2.75, 3.05) is 11.1 Å². The number of nitrogen functional groups attached to an aromatic ring is 1. The van der Waals surface area contributed by atoms with Gasteiger partial charge < -0.3 is 11.1 Å². The molecule has 0 aliphatic carbocycles. The van der Waals surface area contributed by atoms with E-state index in [1.165, 1.54) is 11.3 Å². The van der Waals surface area contributed by atoms with Crippen molar-refractivity contribution in [2.24, 2.45) is 0 Å². The molecule has 0 radical (unpaired) electrons. The second-order valence-electron chi connectivity index (χ2n) is 3.71. The molecule has 0 spiro atoms. The minimum absolute atomic E-state index is 0.167. The van der Waals surface area contributed by atoms with Crippen LogP contribution < -0.4 is 11.1 Å². The number of thiazole rings is 1. The molecule has 2 aromatic rings. The van der Waals surface area contributed by atoms with E-state index in [2.05, 4.69) is 26.2 Å². The van der Waals surface area contributed by atoms with Crippen molar-refractivity contribution in [3.63, 3.8) is 0 Å². The molecule has 0 bridgehead atoms. The van der Waals surface area contributed by atoms with Crippen LogP contribution in [0.5, 0.6) is 0 Å². The maximum Gasteiger partial charge on any atom is 0.230 e. The van der Waals surface area contributed by atoms with Crippen LogP contribution >= 0.6 is 27.3 Å². The van der Waals surface area contributed by atoms with E-state index in [1.807, 2.05) is 6.07 Å². The Morgan fingerprint density at radius 3 is 2.95 bits per heavy atom. The monoisotopic (exact) mass is 336 g/mol. The summed E-state index contributed by atoms with van der Waals surface area (Å²) in [6.45, 7) is 0. The van der Waals surface area contributed by atoms with Gasteiger partial charge in [-0.1, -0.05) is 0 Å². The van der Waals surface area contributed by atoms with Crippen molar-refractivity contribution in [2.45, 2.75) is 6.42 Å². The zero-order valence-electron chi connectivity index (χ0n) is 9.68. The standard InChI is InChI=1S/C12H9BrN4OS/c13-9-3-7(5-14)1-2-10(9)17-11(18)4-8-6-19-12(15)16-8/h1-3,6H,4H2,(H2,15,16)(H,17,18). The van der Waals surface area contributed by atoms with Gasteiger partial charge in [-0.15, -0.1) is 11.3 Å². The molecule has 0 aliphatic heterocycles. The fraction of sp³-hybridized carbons (Fsp3) is 0.0833. The van der Waals surface area contributed by atoms with Crippen molar-refractivity contribution < 1.29 is 4.79 Å². The molecule has 0 fully saturated rings. The average molecular weight is 337 g/mol. The number of hydrogen-bond donors (Lipinski definition) is 2. The average Bonchev–Trinajstić information content (AvgIpc) is 2.77. The van der Waals surface area contributed by atoms with Gasteiger partial charge in [-0.25, -0.2) is 4.98 Å². The summed E-state index contributed by atoms with van der Waals surface area (Å²) in [6.07, 6.45) is 0.167. The summed E-state index contributed by atoms with van der Waals surface area (Å²) in [7, 11) is 0. The Balaban J connectivity index is 2.05. The van der Waals surface area contributed by atoms with Crippen LogP contribution in [-0.2, 0) is 11.2 Å². The van der Waals surface area contributed by atoms with Crippen molar-refractivity contribution in [1.82, 2.24) is 4.98 Å². The summed E-state index contributed by atoms with van der Waals surface area (Å²) in [5, 5.41) is 13.7. The van der Waals surface area contributed by atoms with E-state index in [0.29, 0.717) is 26.5 Å². The summed E-state index contributed by atoms with van der Waals surface area (Å²) in [6, 6.07) is 6.99.